The Hall–Kier alpha value is -1.62. The number of carboxylic acid groups (broad SMARTS) is 1. The predicted octanol–water partition coefficient (Wildman–Crippen LogP) is 3.01. The van der Waals surface area contributed by atoms with Crippen LogP contribution in [0.25, 0.3) is 0 Å². The fraction of sp³-hybridized carbons (Fsp3) is 0.357. The third-order valence-corrected chi connectivity index (χ3v) is 4.89. The van der Waals surface area contributed by atoms with Gasteiger partial charge in [0.2, 0.25) is 0 Å². The number of benzene rings is 1. The maximum atomic E-state index is 12.0. The fourth-order valence-electron chi connectivity index (χ4n) is 1.71. The lowest BCUT2D eigenvalue weighted by atomic mass is 10.1. The van der Waals surface area contributed by atoms with Crippen molar-refractivity contribution in [3.63, 3.8) is 0 Å². The summed E-state index contributed by atoms with van der Waals surface area (Å²) < 4.78 is 5.46. The van der Waals surface area contributed by atoms with Crippen LogP contribution < -0.4 is 0 Å². The number of carbonyl (C=O) groups is 2. The molecule has 1 atom stereocenters. The average Bonchev–Trinajstić information content (AvgIpc) is 2.34. The zero-order valence-corrected chi connectivity index (χ0v) is 12.6. The van der Waals surface area contributed by atoms with E-state index in [1.165, 1.54) is 12.1 Å². The molecule has 4 nitrogen and oxygen atoms in total. The van der Waals surface area contributed by atoms with Crippen molar-refractivity contribution in [3.8, 4) is 0 Å². The molecule has 1 rings (SSSR count). The van der Waals surface area contributed by atoms with Gasteiger partial charge in [-0.1, -0.05) is 32.6 Å². The fourth-order valence-corrected chi connectivity index (χ4v) is 3.17. The van der Waals surface area contributed by atoms with Crippen molar-refractivity contribution in [2.75, 3.05) is 0 Å². The normalized spacial score (nSPS) is 12.8. The van der Waals surface area contributed by atoms with E-state index in [9.17, 15) is 9.59 Å². The zero-order chi connectivity index (χ0) is 14.6. The van der Waals surface area contributed by atoms with Crippen molar-refractivity contribution in [2.24, 2.45) is 0 Å². The molecule has 0 aromatic heterocycles. The summed E-state index contributed by atoms with van der Waals surface area (Å²) in [6.07, 6.45) is 1.88. The second-order valence-corrected chi connectivity index (χ2v) is 10.7. The van der Waals surface area contributed by atoms with Gasteiger partial charge in [0.05, 0.1) is 24.9 Å². The van der Waals surface area contributed by atoms with Gasteiger partial charge in [-0.25, -0.2) is 9.59 Å². The zero-order valence-electron chi connectivity index (χ0n) is 11.6. The Kier molecular flexibility index (Phi) is 4.88. The highest BCUT2D eigenvalue weighted by Crippen LogP contribution is 2.17. The minimum absolute atomic E-state index is 0.0829. The van der Waals surface area contributed by atoms with Crippen LogP contribution in [-0.2, 0) is 4.74 Å². The summed E-state index contributed by atoms with van der Waals surface area (Å²) in [7, 11) is -1.63. The number of hydrogen-bond donors (Lipinski definition) is 1. The van der Waals surface area contributed by atoms with Gasteiger partial charge in [-0.2, -0.15) is 0 Å². The van der Waals surface area contributed by atoms with E-state index in [0.717, 1.165) is 0 Å². The standard InChI is InChI=1S/C14H19O4Si/c1-5-12(19(2,3)4)18-14(17)11-8-6-7-10(9-11)13(15)16/h5-9,12H,1-4H3,(H,15,16). The van der Waals surface area contributed by atoms with Gasteiger partial charge < -0.3 is 9.84 Å². The van der Waals surface area contributed by atoms with Gasteiger partial charge in [-0.3, -0.25) is 0 Å². The number of aromatic carboxylic acids is 1. The molecule has 1 aromatic carbocycles. The molecule has 0 spiro atoms. The first kappa shape index (κ1) is 15.4. The summed E-state index contributed by atoms with van der Waals surface area (Å²) in [5, 5.41) is 8.90. The Labute approximate surface area is 114 Å². The predicted molar refractivity (Wildman–Crippen MR) is 75.9 cm³/mol. The van der Waals surface area contributed by atoms with E-state index in [0.29, 0.717) is 0 Å². The van der Waals surface area contributed by atoms with E-state index in [1.54, 1.807) is 12.1 Å². The second kappa shape index (κ2) is 6.01. The van der Waals surface area contributed by atoms with E-state index >= 15 is 0 Å². The van der Waals surface area contributed by atoms with Crippen molar-refractivity contribution >= 4 is 20.0 Å². The van der Waals surface area contributed by atoms with Crippen molar-refractivity contribution in [2.45, 2.75) is 32.3 Å². The number of carbonyl (C=O) groups excluding carboxylic acids is 1. The third-order valence-electron chi connectivity index (χ3n) is 2.74. The molecule has 0 heterocycles. The van der Waals surface area contributed by atoms with E-state index < -0.39 is 20.0 Å². The lowest BCUT2D eigenvalue weighted by Crippen LogP contribution is -2.41. The van der Waals surface area contributed by atoms with Crippen LogP contribution in [0.5, 0.6) is 0 Å². The second-order valence-electron chi connectivity index (χ2n) is 5.41. The first-order chi connectivity index (χ1) is 8.75. The number of carboxylic acids is 1. The molecule has 1 N–H and O–H groups in total. The minimum Gasteiger partial charge on any atom is -0.478 e. The molecule has 1 unspecified atom stereocenters. The summed E-state index contributed by atoms with van der Waals surface area (Å²) in [5.41, 5.74) is 0.165. The van der Waals surface area contributed by atoms with Crippen LogP contribution in [0.2, 0.25) is 19.6 Å². The lowest BCUT2D eigenvalue weighted by Gasteiger charge is -2.27. The van der Waals surface area contributed by atoms with Crippen molar-refractivity contribution in [1.82, 2.24) is 0 Å². The summed E-state index contributed by atoms with van der Waals surface area (Å²) in [5.74, 6) is -1.54. The highest BCUT2D eigenvalue weighted by molar-refractivity contribution is 6.77. The number of hydrogen-bond acceptors (Lipinski definition) is 3. The van der Waals surface area contributed by atoms with Gasteiger partial charge in [-0.05, 0) is 24.6 Å². The molecule has 0 aliphatic carbocycles. The third kappa shape index (κ3) is 4.20. The Balaban J connectivity index is 2.89. The first-order valence-corrected chi connectivity index (χ1v) is 9.67. The van der Waals surface area contributed by atoms with Gasteiger partial charge in [-0.15, -0.1) is 0 Å². The van der Waals surface area contributed by atoms with Gasteiger partial charge >= 0.3 is 11.9 Å². The van der Waals surface area contributed by atoms with E-state index in [4.69, 9.17) is 9.84 Å². The molecule has 19 heavy (non-hydrogen) atoms. The molecule has 1 radical (unpaired) electrons. The summed E-state index contributed by atoms with van der Waals surface area (Å²) in [4.78, 5) is 22.9. The molecule has 5 heteroatoms. The summed E-state index contributed by atoms with van der Waals surface area (Å²) in [6.45, 7) is 8.19. The molecular weight excluding hydrogens is 260 g/mol. The topological polar surface area (TPSA) is 63.6 Å². The molecule has 103 valence electrons. The Morgan fingerprint density at radius 2 is 1.84 bits per heavy atom. The SMILES string of the molecule is C[CH]C(OC(=O)c1cccc(C(=O)O)c1)[Si](C)(C)C. The molecule has 0 fully saturated rings. The maximum absolute atomic E-state index is 12.0. The maximum Gasteiger partial charge on any atom is 0.338 e. The Bertz CT molecular complexity index is 477. The quantitative estimate of drug-likeness (QED) is 0.664. The van der Waals surface area contributed by atoms with E-state index in [-0.39, 0.29) is 16.9 Å². The lowest BCUT2D eigenvalue weighted by molar-refractivity contribution is 0.0471. The molecule has 0 bridgehead atoms. The van der Waals surface area contributed by atoms with Gasteiger partial charge in [0.25, 0.3) is 0 Å². The molecule has 0 aliphatic rings. The van der Waals surface area contributed by atoms with Crippen molar-refractivity contribution in [1.29, 1.82) is 0 Å². The highest BCUT2D eigenvalue weighted by Gasteiger charge is 2.29. The first-order valence-electron chi connectivity index (χ1n) is 6.09. The number of ether oxygens (including phenoxy) is 1. The monoisotopic (exact) mass is 279 g/mol. The minimum atomic E-state index is -1.63. The van der Waals surface area contributed by atoms with E-state index in [1.807, 2.05) is 13.3 Å². The van der Waals surface area contributed by atoms with Gasteiger partial charge in [0, 0.05) is 0 Å². The van der Waals surface area contributed by atoms with Crippen LogP contribution >= 0.6 is 0 Å². The molecule has 0 amide bonds. The molecular formula is C14H19O4Si. The van der Waals surface area contributed by atoms with Crippen LogP contribution in [0.1, 0.15) is 27.6 Å². The van der Waals surface area contributed by atoms with Crippen LogP contribution in [0.4, 0.5) is 0 Å². The molecule has 0 saturated heterocycles. The highest BCUT2D eigenvalue weighted by atomic mass is 28.3. The number of rotatable bonds is 5. The molecule has 1 aromatic rings. The smallest absolute Gasteiger partial charge is 0.338 e. The van der Waals surface area contributed by atoms with Gasteiger partial charge in [0.1, 0.15) is 0 Å². The average molecular weight is 279 g/mol. The van der Waals surface area contributed by atoms with Crippen LogP contribution in [-0.4, -0.2) is 30.8 Å². The molecule has 0 saturated carbocycles. The molecule has 0 aliphatic heterocycles. The van der Waals surface area contributed by atoms with Crippen LogP contribution in [0.15, 0.2) is 24.3 Å². The Morgan fingerprint density at radius 3 is 2.32 bits per heavy atom. The summed E-state index contributed by atoms with van der Waals surface area (Å²) >= 11 is 0. The van der Waals surface area contributed by atoms with Gasteiger partial charge in [0.15, 0.2) is 0 Å². The van der Waals surface area contributed by atoms with E-state index in [2.05, 4.69) is 19.6 Å². The van der Waals surface area contributed by atoms with Crippen LogP contribution in [0.3, 0.4) is 0 Å². The van der Waals surface area contributed by atoms with Crippen molar-refractivity contribution in [3.05, 3.63) is 41.8 Å². The summed E-state index contributed by atoms with van der Waals surface area (Å²) in [6, 6.07) is 5.88. The largest absolute Gasteiger partial charge is 0.478 e. The number of esters is 1. The Morgan fingerprint density at radius 1 is 1.26 bits per heavy atom. The van der Waals surface area contributed by atoms with Crippen molar-refractivity contribution < 1.29 is 19.4 Å². The van der Waals surface area contributed by atoms with Crippen LogP contribution in [0, 0.1) is 6.42 Å².